The number of ether oxygens (including phenoxy) is 1. The fourth-order valence-corrected chi connectivity index (χ4v) is 2.22. The summed E-state index contributed by atoms with van der Waals surface area (Å²) in [6.45, 7) is -0.598. The minimum Gasteiger partial charge on any atom is -0.493 e. The molecule has 0 aliphatic heterocycles. The largest absolute Gasteiger partial charge is 0.493 e. The van der Waals surface area contributed by atoms with Gasteiger partial charge in [-0.2, -0.15) is 0 Å². The second-order valence-electron chi connectivity index (χ2n) is 5.07. The molecule has 0 aliphatic rings. The molecule has 2 aromatic heterocycles. The summed E-state index contributed by atoms with van der Waals surface area (Å²) in [5.74, 6) is -0.636. The van der Waals surface area contributed by atoms with Crippen LogP contribution in [-0.4, -0.2) is 41.8 Å². The van der Waals surface area contributed by atoms with Gasteiger partial charge in [-0.15, -0.1) is 0 Å². The summed E-state index contributed by atoms with van der Waals surface area (Å²) in [5, 5.41) is 18.4. The van der Waals surface area contributed by atoms with Crippen LogP contribution >= 0.6 is 0 Å². The average Bonchev–Trinajstić information content (AvgIpc) is 3.28. The lowest BCUT2D eigenvalue weighted by atomic mass is 10.2. The number of anilines is 1. The van der Waals surface area contributed by atoms with Gasteiger partial charge in [-0.25, -0.2) is 0 Å². The first kappa shape index (κ1) is 16.5. The summed E-state index contributed by atoms with van der Waals surface area (Å²) in [4.78, 5) is 24.4. The zero-order valence-electron chi connectivity index (χ0n) is 13.2. The minimum absolute atomic E-state index is 0.00724. The number of carbonyl (C=O) groups is 2. The van der Waals surface area contributed by atoms with E-state index in [4.69, 9.17) is 9.15 Å². The van der Waals surface area contributed by atoms with E-state index in [9.17, 15) is 14.7 Å². The van der Waals surface area contributed by atoms with Crippen LogP contribution in [-0.2, 0) is 4.79 Å². The monoisotopic (exact) mass is 345 g/mol. The number of carbonyl (C=O) groups excluding carboxylic acids is 2. The lowest BCUT2D eigenvalue weighted by Gasteiger charge is -2.14. The molecular formula is C16H15N3O6. The molecule has 1 atom stereocenters. The number of nitrogens with one attached hydrogen (secondary N) is 2. The number of aromatic nitrogens is 1. The first-order valence-electron chi connectivity index (χ1n) is 7.32. The number of nitrogens with zero attached hydrogens (tertiary/aromatic N) is 1. The first-order chi connectivity index (χ1) is 12.1. The van der Waals surface area contributed by atoms with E-state index in [1.807, 2.05) is 0 Å². The third kappa shape index (κ3) is 3.45. The topological polar surface area (TPSA) is 127 Å². The maximum atomic E-state index is 12.3. The molecule has 9 nitrogen and oxygen atoms in total. The zero-order valence-corrected chi connectivity index (χ0v) is 13.2. The molecule has 0 aliphatic carbocycles. The lowest BCUT2D eigenvalue weighted by Crippen LogP contribution is -2.46. The van der Waals surface area contributed by atoms with E-state index in [2.05, 4.69) is 20.3 Å². The van der Waals surface area contributed by atoms with Crippen molar-refractivity contribution >= 4 is 28.6 Å². The summed E-state index contributed by atoms with van der Waals surface area (Å²) in [7, 11) is 1.49. The number of hydrogen-bond acceptors (Lipinski definition) is 7. The number of hydrogen-bond donors (Lipinski definition) is 3. The van der Waals surface area contributed by atoms with Gasteiger partial charge in [0.25, 0.3) is 11.8 Å². The van der Waals surface area contributed by atoms with Crippen LogP contribution in [0.25, 0.3) is 11.0 Å². The molecule has 0 saturated heterocycles. The Balaban J connectivity index is 1.74. The van der Waals surface area contributed by atoms with E-state index in [0.717, 1.165) is 0 Å². The van der Waals surface area contributed by atoms with E-state index >= 15 is 0 Å². The van der Waals surface area contributed by atoms with Crippen molar-refractivity contribution in [2.75, 3.05) is 19.0 Å². The Hall–Kier alpha value is -3.33. The Morgan fingerprint density at radius 3 is 2.88 bits per heavy atom. The quantitative estimate of drug-likeness (QED) is 0.612. The van der Waals surface area contributed by atoms with E-state index < -0.39 is 24.5 Å². The number of fused-ring (bicyclic) bond motifs is 1. The fraction of sp³-hybridized carbons (Fsp3) is 0.188. The summed E-state index contributed by atoms with van der Waals surface area (Å²) in [6.07, 6.45) is 1.28. The Bertz CT molecular complexity index is 887. The predicted octanol–water partition coefficient (Wildman–Crippen LogP) is 1.16. The van der Waals surface area contributed by atoms with Crippen LogP contribution < -0.4 is 15.4 Å². The van der Waals surface area contributed by atoms with Crippen LogP contribution in [0, 0.1) is 0 Å². The normalized spacial score (nSPS) is 11.9. The van der Waals surface area contributed by atoms with Crippen LogP contribution in [0.4, 0.5) is 5.82 Å². The lowest BCUT2D eigenvalue weighted by molar-refractivity contribution is -0.118. The summed E-state index contributed by atoms with van der Waals surface area (Å²) < 4.78 is 15.3. The molecule has 0 saturated carbocycles. The number of aliphatic hydroxyl groups is 1. The highest BCUT2D eigenvalue weighted by Gasteiger charge is 2.23. The molecule has 1 unspecified atom stereocenters. The molecular weight excluding hydrogens is 330 g/mol. The maximum absolute atomic E-state index is 12.3. The molecule has 3 N–H and O–H groups in total. The molecule has 2 amide bonds. The van der Waals surface area contributed by atoms with E-state index in [1.165, 1.54) is 25.5 Å². The van der Waals surface area contributed by atoms with Gasteiger partial charge >= 0.3 is 0 Å². The van der Waals surface area contributed by atoms with Gasteiger partial charge in [-0.05, 0) is 12.1 Å². The van der Waals surface area contributed by atoms with Crippen molar-refractivity contribution in [3.63, 3.8) is 0 Å². The molecule has 25 heavy (non-hydrogen) atoms. The number of para-hydroxylation sites is 1. The molecule has 0 bridgehead atoms. The molecule has 0 radical (unpaired) electrons. The molecule has 130 valence electrons. The zero-order chi connectivity index (χ0) is 17.8. The van der Waals surface area contributed by atoms with E-state index in [-0.39, 0.29) is 11.6 Å². The minimum atomic E-state index is -1.18. The van der Waals surface area contributed by atoms with Crippen LogP contribution in [0.3, 0.4) is 0 Å². The first-order valence-corrected chi connectivity index (χ1v) is 7.32. The highest BCUT2D eigenvalue weighted by Crippen LogP contribution is 2.28. The third-order valence-electron chi connectivity index (χ3n) is 3.45. The summed E-state index contributed by atoms with van der Waals surface area (Å²) in [6, 6.07) is 7.00. The highest BCUT2D eigenvalue weighted by atomic mass is 16.5. The van der Waals surface area contributed by atoms with Crippen LogP contribution in [0.15, 0.2) is 45.5 Å². The van der Waals surface area contributed by atoms with Crippen molar-refractivity contribution in [3.05, 3.63) is 42.4 Å². The Morgan fingerprint density at radius 1 is 1.36 bits per heavy atom. The molecule has 9 heteroatoms. The molecule has 2 heterocycles. The average molecular weight is 345 g/mol. The number of rotatable bonds is 6. The number of methoxy groups -OCH3 is 1. The van der Waals surface area contributed by atoms with Crippen molar-refractivity contribution in [1.29, 1.82) is 0 Å². The van der Waals surface area contributed by atoms with Gasteiger partial charge in [-0.1, -0.05) is 17.3 Å². The predicted molar refractivity (Wildman–Crippen MR) is 86.2 cm³/mol. The standard InChI is InChI=1S/C16H15N3O6/c1-23-11-4-2-3-9-7-12(25-14(9)11)16(22)17-10(8-20)15(21)18-13-5-6-24-19-13/h2-7,10,20H,8H2,1H3,(H,17,22)(H,18,19,21). The van der Waals surface area contributed by atoms with Crippen molar-refractivity contribution in [3.8, 4) is 5.75 Å². The second-order valence-corrected chi connectivity index (χ2v) is 5.07. The van der Waals surface area contributed by atoms with Crippen molar-refractivity contribution < 1.29 is 28.4 Å². The molecule has 0 spiro atoms. The van der Waals surface area contributed by atoms with Crippen molar-refractivity contribution in [2.24, 2.45) is 0 Å². The second kappa shape index (κ2) is 7.05. The number of amides is 2. The maximum Gasteiger partial charge on any atom is 0.287 e. The van der Waals surface area contributed by atoms with Crippen LogP contribution in [0.5, 0.6) is 5.75 Å². The van der Waals surface area contributed by atoms with E-state index in [0.29, 0.717) is 16.7 Å². The SMILES string of the molecule is COc1cccc2cc(C(=O)NC(CO)C(=O)Nc3ccon3)oc12. The van der Waals surface area contributed by atoms with Gasteiger partial charge in [0.15, 0.2) is 22.9 Å². The van der Waals surface area contributed by atoms with Gasteiger partial charge < -0.3 is 29.4 Å². The Kier molecular flexibility index (Phi) is 4.66. The van der Waals surface area contributed by atoms with Gasteiger partial charge in [0.1, 0.15) is 12.3 Å². The summed E-state index contributed by atoms with van der Waals surface area (Å²) >= 11 is 0. The third-order valence-corrected chi connectivity index (χ3v) is 3.45. The Labute approximate surface area is 141 Å². The van der Waals surface area contributed by atoms with Gasteiger partial charge in [0, 0.05) is 11.5 Å². The van der Waals surface area contributed by atoms with Crippen molar-refractivity contribution in [1.82, 2.24) is 10.5 Å². The smallest absolute Gasteiger partial charge is 0.287 e. The molecule has 0 fully saturated rings. The van der Waals surface area contributed by atoms with Crippen molar-refractivity contribution in [2.45, 2.75) is 6.04 Å². The molecule has 3 aromatic rings. The van der Waals surface area contributed by atoms with Gasteiger partial charge in [-0.3, -0.25) is 9.59 Å². The van der Waals surface area contributed by atoms with Gasteiger partial charge in [0.2, 0.25) is 0 Å². The molecule has 3 rings (SSSR count). The number of aliphatic hydroxyl groups excluding tert-OH is 1. The summed E-state index contributed by atoms with van der Waals surface area (Å²) in [5.41, 5.74) is 0.419. The number of furan rings is 1. The van der Waals surface area contributed by atoms with Gasteiger partial charge in [0.05, 0.1) is 13.7 Å². The molecule has 1 aromatic carbocycles. The fourth-order valence-electron chi connectivity index (χ4n) is 2.22. The van der Waals surface area contributed by atoms with Crippen LogP contribution in [0.2, 0.25) is 0 Å². The number of benzene rings is 1. The highest BCUT2D eigenvalue weighted by molar-refractivity contribution is 6.01. The van der Waals surface area contributed by atoms with E-state index in [1.54, 1.807) is 18.2 Å². The Morgan fingerprint density at radius 2 is 2.20 bits per heavy atom. The van der Waals surface area contributed by atoms with Crippen LogP contribution in [0.1, 0.15) is 10.6 Å².